The first-order valence-electron chi connectivity index (χ1n) is 6.06. The van der Waals surface area contributed by atoms with E-state index in [1.807, 2.05) is 6.07 Å². The van der Waals surface area contributed by atoms with Gasteiger partial charge >= 0.3 is 0 Å². The van der Waals surface area contributed by atoms with Crippen LogP contribution in [0, 0.1) is 10.1 Å². The average Bonchev–Trinajstić information content (AvgIpc) is 2.92. The highest BCUT2D eigenvalue weighted by Gasteiger charge is 2.21. The van der Waals surface area contributed by atoms with Crippen molar-refractivity contribution >= 4 is 26.6 Å². The standard InChI is InChI=1S/C14H10N2O4S/c17-16(18)12-5-3-6-13(10-12)21(19,20)15-9-8-11-4-1-2-7-14(11)15/h1-10H. The number of fused-ring (bicyclic) bond motifs is 1. The molecule has 0 aliphatic rings. The van der Waals surface area contributed by atoms with E-state index in [1.165, 1.54) is 24.4 Å². The number of para-hydroxylation sites is 1. The van der Waals surface area contributed by atoms with Crippen molar-refractivity contribution < 1.29 is 13.3 Å². The van der Waals surface area contributed by atoms with Crippen LogP contribution >= 0.6 is 0 Å². The van der Waals surface area contributed by atoms with Gasteiger partial charge in [-0.3, -0.25) is 10.1 Å². The summed E-state index contributed by atoms with van der Waals surface area (Å²) in [7, 11) is -3.87. The molecule has 21 heavy (non-hydrogen) atoms. The molecule has 0 saturated carbocycles. The van der Waals surface area contributed by atoms with Gasteiger partial charge in [-0.15, -0.1) is 0 Å². The minimum Gasteiger partial charge on any atom is -0.258 e. The maximum atomic E-state index is 12.6. The van der Waals surface area contributed by atoms with Crippen molar-refractivity contribution in [1.82, 2.24) is 3.97 Å². The second kappa shape index (κ2) is 4.71. The molecule has 0 fully saturated rings. The Morgan fingerprint density at radius 3 is 2.52 bits per heavy atom. The molecule has 0 amide bonds. The van der Waals surface area contributed by atoms with Crippen LogP contribution in [0.1, 0.15) is 0 Å². The minimum atomic E-state index is -3.87. The third kappa shape index (κ3) is 2.17. The summed E-state index contributed by atoms with van der Waals surface area (Å²) in [6.07, 6.45) is 1.44. The molecule has 0 aliphatic carbocycles. The van der Waals surface area contributed by atoms with Crippen LogP contribution in [0.25, 0.3) is 10.9 Å². The second-order valence-electron chi connectivity index (χ2n) is 4.43. The molecule has 2 aromatic carbocycles. The topological polar surface area (TPSA) is 82.2 Å². The number of nitro benzene ring substituents is 1. The lowest BCUT2D eigenvalue weighted by atomic mass is 10.3. The number of rotatable bonds is 3. The molecular weight excluding hydrogens is 292 g/mol. The molecule has 0 aliphatic heterocycles. The zero-order valence-electron chi connectivity index (χ0n) is 10.7. The maximum absolute atomic E-state index is 12.6. The number of aromatic nitrogens is 1. The Morgan fingerprint density at radius 1 is 1.00 bits per heavy atom. The molecule has 0 saturated heterocycles. The highest BCUT2D eigenvalue weighted by atomic mass is 32.2. The predicted octanol–water partition coefficient (Wildman–Crippen LogP) is 2.79. The van der Waals surface area contributed by atoms with Gasteiger partial charge in [-0.1, -0.05) is 24.3 Å². The number of benzene rings is 2. The largest absolute Gasteiger partial charge is 0.270 e. The maximum Gasteiger partial charge on any atom is 0.270 e. The lowest BCUT2D eigenvalue weighted by molar-refractivity contribution is -0.385. The Morgan fingerprint density at radius 2 is 1.76 bits per heavy atom. The van der Waals surface area contributed by atoms with Gasteiger partial charge in [-0.2, -0.15) is 0 Å². The lowest BCUT2D eigenvalue weighted by Crippen LogP contribution is -2.11. The van der Waals surface area contributed by atoms with Gasteiger partial charge in [0.05, 0.1) is 15.3 Å². The summed E-state index contributed by atoms with van der Waals surface area (Å²) in [4.78, 5) is 10.1. The van der Waals surface area contributed by atoms with Crippen LogP contribution in [0.4, 0.5) is 5.69 Å². The van der Waals surface area contributed by atoms with Crippen LogP contribution in [0.2, 0.25) is 0 Å². The fourth-order valence-electron chi connectivity index (χ4n) is 2.14. The molecule has 6 nitrogen and oxygen atoms in total. The Kier molecular flexibility index (Phi) is 2.99. The SMILES string of the molecule is O=[N+]([O-])c1cccc(S(=O)(=O)n2ccc3ccccc32)c1. The summed E-state index contributed by atoms with van der Waals surface area (Å²) >= 11 is 0. The highest BCUT2D eigenvalue weighted by Crippen LogP contribution is 2.24. The molecule has 3 rings (SSSR count). The number of nitrogens with zero attached hydrogens (tertiary/aromatic N) is 2. The van der Waals surface area contributed by atoms with Gasteiger partial charge in [0.25, 0.3) is 15.7 Å². The van der Waals surface area contributed by atoms with Crippen molar-refractivity contribution in [3.8, 4) is 0 Å². The molecule has 7 heteroatoms. The number of hydrogen-bond donors (Lipinski definition) is 0. The normalized spacial score (nSPS) is 11.6. The molecule has 0 unspecified atom stereocenters. The Labute approximate surface area is 120 Å². The summed E-state index contributed by atoms with van der Waals surface area (Å²) in [6.45, 7) is 0. The van der Waals surface area contributed by atoms with E-state index < -0.39 is 14.9 Å². The van der Waals surface area contributed by atoms with Crippen LogP contribution in [-0.2, 0) is 10.0 Å². The van der Waals surface area contributed by atoms with Crippen molar-refractivity contribution in [2.24, 2.45) is 0 Å². The van der Waals surface area contributed by atoms with Gasteiger partial charge in [0, 0.05) is 23.7 Å². The van der Waals surface area contributed by atoms with Gasteiger partial charge in [-0.05, 0) is 18.2 Å². The lowest BCUT2D eigenvalue weighted by Gasteiger charge is -2.07. The van der Waals surface area contributed by atoms with E-state index in [1.54, 1.807) is 24.3 Å². The predicted molar refractivity (Wildman–Crippen MR) is 77.6 cm³/mol. The third-order valence-corrected chi connectivity index (χ3v) is 4.83. The average molecular weight is 302 g/mol. The van der Waals surface area contributed by atoms with E-state index in [4.69, 9.17) is 0 Å². The van der Waals surface area contributed by atoms with Crippen LogP contribution in [0.15, 0.2) is 65.7 Å². The first-order valence-corrected chi connectivity index (χ1v) is 7.50. The van der Waals surface area contributed by atoms with E-state index in [0.717, 1.165) is 15.4 Å². The van der Waals surface area contributed by atoms with Gasteiger partial charge in [0.15, 0.2) is 0 Å². The molecule has 1 aromatic heterocycles. The fourth-order valence-corrected chi connectivity index (χ4v) is 3.53. The van der Waals surface area contributed by atoms with Crippen LogP contribution < -0.4 is 0 Å². The molecule has 3 aromatic rings. The monoisotopic (exact) mass is 302 g/mol. The highest BCUT2D eigenvalue weighted by molar-refractivity contribution is 7.90. The summed E-state index contributed by atoms with van der Waals surface area (Å²) in [5.74, 6) is 0. The van der Waals surface area contributed by atoms with E-state index in [9.17, 15) is 18.5 Å². The summed E-state index contributed by atoms with van der Waals surface area (Å²) < 4.78 is 26.4. The molecule has 0 N–H and O–H groups in total. The van der Waals surface area contributed by atoms with Gasteiger partial charge in [-0.25, -0.2) is 12.4 Å². The second-order valence-corrected chi connectivity index (χ2v) is 6.24. The zero-order chi connectivity index (χ0) is 15.0. The molecule has 0 bridgehead atoms. The summed E-state index contributed by atoms with van der Waals surface area (Å²) in [5.41, 5.74) is 0.275. The third-order valence-electron chi connectivity index (χ3n) is 3.15. The molecule has 0 spiro atoms. The van der Waals surface area contributed by atoms with Crippen molar-refractivity contribution in [2.75, 3.05) is 0 Å². The smallest absolute Gasteiger partial charge is 0.258 e. The van der Waals surface area contributed by atoms with Crippen LogP contribution in [-0.4, -0.2) is 17.3 Å². The molecular formula is C14H10N2O4S. The Balaban J connectivity index is 2.21. The summed E-state index contributed by atoms with van der Waals surface area (Å²) in [5, 5.41) is 11.6. The van der Waals surface area contributed by atoms with E-state index >= 15 is 0 Å². The van der Waals surface area contributed by atoms with Gasteiger partial charge in [0.2, 0.25) is 0 Å². The summed E-state index contributed by atoms with van der Waals surface area (Å²) in [6, 6.07) is 13.7. The molecule has 1 heterocycles. The first kappa shape index (κ1) is 13.3. The minimum absolute atomic E-state index is 0.113. The van der Waals surface area contributed by atoms with Crippen molar-refractivity contribution in [3.63, 3.8) is 0 Å². The van der Waals surface area contributed by atoms with Crippen LogP contribution in [0.3, 0.4) is 0 Å². The van der Waals surface area contributed by atoms with E-state index in [0.29, 0.717) is 5.52 Å². The van der Waals surface area contributed by atoms with Crippen molar-refractivity contribution in [3.05, 3.63) is 70.9 Å². The van der Waals surface area contributed by atoms with E-state index in [-0.39, 0.29) is 10.6 Å². The molecule has 106 valence electrons. The number of nitro groups is 1. The van der Waals surface area contributed by atoms with E-state index in [2.05, 4.69) is 0 Å². The first-order chi connectivity index (χ1) is 10.00. The van der Waals surface area contributed by atoms with Crippen LogP contribution in [0.5, 0.6) is 0 Å². The zero-order valence-corrected chi connectivity index (χ0v) is 11.5. The number of hydrogen-bond acceptors (Lipinski definition) is 4. The quantitative estimate of drug-likeness (QED) is 0.550. The van der Waals surface area contributed by atoms with Crippen molar-refractivity contribution in [1.29, 1.82) is 0 Å². The van der Waals surface area contributed by atoms with Crippen molar-refractivity contribution in [2.45, 2.75) is 4.90 Å². The number of non-ortho nitro benzene ring substituents is 1. The Hall–Kier alpha value is -2.67. The molecule has 0 atom stereocenters. The van der Waals surface area contributed by atoms with Gasteiger partial charge in [0.1, 0.15) is 0 Å². The fraction of sp³-hybridized carbons (Fsp3) is 0. The van der Waals surface area contributed by atoms with Gasteiger partial charge < -0.3 is 0 Å². The molecule has 0 radical (unpaired) electrons. The Bertz CT molecular complexity index is 944.